The second kappa shape index (κ2) is 8.78. The molecule has 0 aliphatic carbocycles. The van der Waals surface area contributed by atoms with E-state index in [-0.39, 0.29) is 23.5 Å². The van der Waals surface area contributed by atoms with Crippen molar-refractivity contribution < 1.29 is 13.2 Å². The minimum absolute atomic E-state index is 0.0207. The summed E-state index contributed by atoms with van der Waals surface area (Å²) in [5, 5.41) is 0. The van der Waals surface area contributed by atoms with Gasteiger partial charge in [0.1, 0.15) is 0 Å². The Morgan fingerprint density at radius 1 is 1.00 bits per heavy atom. The number of benzene rings is 2. The first kappa shape index (κ1) is 20.9. The highest BCUT2D eigenvalue weighted by Gasteiger charge is 2.36. The molecule has 0 spiro atoms. The number of aryl methyl sites for hydroxylation is 1. The molecule has 160 valence electrons. The zero-order valence-corrected chi connectivity index (χ0v) is 18.2. The number of anilines is 2. The summed E-state index contributed by atoms with van der Waals surface area (Å²) in [5.74, 6) is 0.186. The Kier molecular flexibility index (Phi) is 6.11. The van der Waals surface area contributed by atoms with Crippen molar-refractivity contribution in [1.29, 1.82) is 0 Å². The van der Waals surface area contributed by atoms with Crippen molar-refractivity contribution in [2.75, 3.05) is 54.0 Å². The van der Waals surface area contributed by atoms with E-state index >= 15 is 0 Å². The van der Waals surface area contributed by atoms with Gasteiger partial charge in [0.05, 0.1) is 24.1 Å². The maximum absolute atomic E-state index is 13.3. The number of hydrogen-bond acceptors (Lipinski definition) is 5. The van der Waals surface area contributed by atoms with Crippen LogP contribution in [0.5, 0.6) is 0 Å². The van der Waals surface area contributed by atoms with E-state index in [1.807, 2.05) is 30.3 Å². The second-order valence-electron chi connectivity index (χ2n) is 8.21. The molecule has 0 saturated carbocycles. The number of sulfone groups is 1. The van der Waals surface area contributed by atoms with Gasteiger partial charge in [0.2, 0.25) is 5.91 Å². The standard InChI is InChI=1S/C23H29N3O3S/c1-19-7-5-6-10-22(19)25-14-12-24(13-15-25)17-23(27)26(20-8-3-2-4-9-20)21-11-16-30(28,29)18-21/h2-10,21H,11-18H2,1H3/t21-/m1/s1. The average molecular weight is 428 g/mol. The van der Waals surface area contributed by atoms with E-state index < -0.39 is 9.84 Å². The molecular weight excluding hydrogens is 398 g/mol. The third-order valence-corrected chi connectivity index (χ3v) is 7.81. The normalized spacial score (nSPS) is 21.5. The SMILES string of the molecule is Cc1ccccc1N1CCN(CC(=O)N(c2ccccc2)[C@@H]2CCS(=O)(=O)C2)CC1. The molecule has 2 aromatic rings. The van der Waals surface area contributed by atoms with Crippen LogP contribution in [0.2, 0.25) is 0 Å². The molecule has 7 heteroatoms. The molecule has 2 aromatic carbocycles. The quantitative estimate of drug-likeness (QED) is 0.733. The number of amides is 1. The molecule has 4 rings (SSSR count). The molecule has 2 aliphatic heterocycles. The van der Waals surface area contributed by atoms with Crippen LogP contribution in [-0.2, 0) is 14.6 Å². The Hall–Kier alpha value is -2.38. The van der Waals surface area contributed by atoms with Gasteiger partial charge in [-0.05, 0) is 37.1 Å². The maximum Gasteiger partial charge on any atom is 0.241 e. The van der Waals surface area contributed by atoms with Crippen LogP contribution < -0.4 is 9.80 Å². The smallest absolute Gasteiger partial charge is 0.241 e. The van der Waals surface area contributed by atoms with Crippen molar-refractivity contribution >= 4 is 27.1 Å². The first-order valence-corrected chi connectivity index (χ1v) is 12.4. The van der Waals surface area contributed by atoms with Crippen molar-refractivity contribution in [3.63, 3.8) is 0 Å². The van der Waals surface area contributed by atoms with Gasteiger partial charge in [-0.2, -0.15) is 0 Å². The molecule has 0 N–H and O–H groups in total. The third-order valence-electron chi connectivity index (χ3n) is 6.06. The van der Waals surface area contributed by atoms with Crippen LogP contribution in [0, 0.1) is 6.92 Å². The fourth-order valence-electron chi connectivity index (χ4n) is 4.46. The van der Waals surface area contributed by atoms with Gasteiger partial charge in [-0.1, -0.05) is 36.4 Å². The molecule has 2 heterocycles. The molecule has 0 bridgehead atoms. The lowest BCUT2D eigenvalue weighted by Crippen LogP contribution is -2.52. The molecule has 0 radical (unpaired) electrons. The van der Waals surface area contributed by atoms with Crippen LogP contribution in [-0.4, -0.2) is 69.5 Å². The summed E-state index contributed by atoms with van der Waals surface area (Å²) >= 11 is 0. The Morgan fingerprint density at radius 3 is 2.30 bits per heavy atom. The van der Waals surface area contributed by atoms with Gasteiger partial charge in [0.25, 0.3) is 0 Å². The fourth-order valence-corrected chi connectivity index (χ4v) is 6.16. The largest absolute Gasteiger partial charge is 0.369 e. The molecule has 6 nitrogen and oxygen atoms in total. The minimum atomic E-state index is -3.07. The van der Waals surface area contributed by atoms with Gasteiger partial charge in [-0.25, -0.2) is 8.42 Å². The number of carbonyl (C=O) groups excluding carboxylic acids is 1. The van der Waals surface area contributed by atoms with Crippen molar-refractivity contribution in [2.45, 2.75) is 19.4 Å². The lowest BCUT2D eigenvalue weighted by atomic mass is 10.1. The molecule has 2 aliphatic rings. The summed E-state index contributed by atoms with van der Waals surface area (Å²) in [6.07, 6.45) is 0.504. The number of piperazine rings is 1. The number of rotatable bonds is 5. The molecule has 2 saturated heterocycles. The molecule has 0 aromatic heterocycles. The van der Waals surface area contributed by atoms with Gasteiger partial charge in [0.15, 0.2) is 9.84 Å². The monoisotopic (exact) mass is 427 g/mol. The van der Waals surface area contributed by atoms with E-state index in [1.165, 1.54) is 11.3 Å². The first-order valence-electron chi connectivity index (χ1n) is 10.5. The van der Waals surface area contributed by atoms with Gasteiger partial charge in [-0.15, -0.1) is 0 Å². The zero-order chi connectivity index (χ0) is 21.1. The van der Waals surface area contributed by atoms with Crippen LogP contribution in [0.25, 0.3) is 0 Å². The highest BCUT2D eigenvalue weighted by atomic mass is 32.2. The molecule has 1 amide bonds. The summed E-state index contributed by atoms with van der Waals surface area (Å²) in [6, 6.07) is 17.6. The predicted molar refractivity (Wildman–Crippen MR) is 121 cm³/mol. The summed E-state index contributed by atoms with van der Waals surface area (Å²) in [4.78, 5) is 19.6. The minimum Gasteiger partial charge on any atom is -0.369 e. The van der Waals surface area contributed by atoms with Crippen LogP contribution >= 0.6 is 0 Å². The Morgan fingerprint density at radius 2 is 1.67 bits per heavy atom. The summed E-state index contributed by atoms with van der Waals surface area (Å²) < 4.78 is 24.1. The van der Waals surface area contributed by atoms with Crippen LogP contribution in [0.4, 0.5) is 11.4 Å². The molecule has 1 atom stereocenters. The molecule has 0 unspecified atom stereocenters. The summed E-state index contributed by atoms with van der Waals surface area (Å²) in [7, 11) is -3.07. The van der Waals surface area contributed by atoms with Crippen molar-refractivity contribution in [3.05, 3.63) is 60.2 Å². The third kappa shape index (κ3) is 4.68. The lowest BCUT2D eigenvalue weighted by molar-refractivity contribution is -0.120. The van der Waals surface area contributed by atoms with Gasteiger partial charge in [-0.3, -0.25) is 9.69 Å². The number of carbonyl (C=O) groups is 1. The molecular formula is C23H29N3O3S. The van der Waals surface area contributed by atoms with Crippen LogP contribution in [0.3, 0.4) is 0 Å². The van der Waals surface area contributed by atoms with Crippen molar-refractivity contribution in [3.8, 4) is 0 Å². The first-order chi connectivity index (χ1) is 14.4. The second-order valence-corrected chi connectivity index (χ2v) is 10.4. The highest BCUT2D eigenvalue weighted by Crippen LogP contribution is 2.25. The summed E-state index contributed by atoms with van der Waals surface area (Å²) in [5.41, 5.74) is 3.30. The van der Waals surface area contributed by atoms with Gasteiger partial charge >= 0.3 is 0 Å². The number of nitrogens with zero attached hydrogens (tertiary/aromatic N) is 3. The number of para-hydroxylation sites is 2. The van der Waals surface area contributed by atoms with Crippen molar-refractivity contribution in [2.24, 2.45) is 0 Å². The lowest BCUT2D eigenvalue weighted by Gasteiger charge is -2.38. The van der Waals surface area contributed by atoms with Crippen LogP contribution in [0.1, 0.15) is 12.0 Å². The highest BCUT2D eigenvalue weighted by molar-refractivity contribution is 7.91. The van der Waals surface area contributed by atoms with E-state index in [4.69, 9.17) is 0 Å². The van der Waals surface area contributed by atoms with Crippen molar-refractivity contribution in [1.82, 2.24) is 4.90 Å². The van der Waals surface area contributed by atoms with E-state index in [1.54, 1.807) is 4.90 Å². The topological polar surface area (TPSA) is 60.9 Å². The summed E-state index contributed by atoms with van der Waals surface area (Å²) in [6.45, 7) is 5.81. The number of hydrogen-bond donors (Lipinski definition) is 0. The van der Waals surface area contributed by atoms with E-state index in [0.29, 0.717) is 13.0 Å². The van der Waals surface area contributed by atoms with Gasteiger partial charge in [0, 0.05) is 37.6 Å². The Bertz CT molecular complexity index is 986. The fraction of sp³-hybridized carbons (Fsp3) is 0.435. The average Bonchev–Trinajstić information content (AvgIpc) is 3.09. The Labute approximate surface area is 179 Å². The Balaban J connectivity index is 1.43. The van der Waals surface area contributed by atoms with Crippen LogP contribution in [0.15, 0.2) is 54.6 Å². The van der Waals surface area contributed by atoms with E-state index in [2.05, 4.69) is 41.0 Å². The van der Waals surface area contributed by atoms with E-state index in [0.717, 1.165) is 31.9 Å². The predicted octanol–water partition coefficient (Wildman–Crippen LogP) is 2.34. The van der Waals surface area contributed by atoms with E-state index in [9.17, 15) is 13.2 Å². The zero-order valence-electron chi connectivity index (χ0n) is 17.4. The molecule has 30 heavy (non-hydrogen) atoms. The van der Waals surface area contributed by atoms with Gasteiger partial charge < -0.3 is 9.80 Å². The maximum atomic E-state index is 13.3. The molecule has 2 fully saturated rings.